The molecule has 0 saturated carbocycles. The summed E-state index contributed by atoms with van der Waals surface area (Å²) >= 11 is 1.67. The summed E-state index contributed by atoms with van der Waals surface area (Å²) in [6.07, 6.45) is 0.605. The predicted molar refractivity (Wildman–Crippen MR) is 106 cm³/mol. The molecule has 0 spiro atoms. The Bertz CT molecular complexity index is 985. The summed E-state index contributed by atoms with van der Waals surface area (Å²) in [7, 11) is 3.26. The van der Waals surface area contributed by atoms with E-state index in [9.17, 15) is 0 Å². The van der Waals surface area contributed by atoms with Crippen LogP contribution in [-0.4, -0.2) is 40.1 Å². The molecule has 4 rings (SSSR count). The van der Waals surface area contributed by atoms with Crippen LogP contribution < -0.4 is 9.47 Å². The number of rotatable bonds is 5. The molecule has 0 N–H and O–H groups in total. The average Bonchev–Trinajstić information content (AvgIpc) is 3.09. The third-order valence-electron chi connectivity index (χ3n) is 4.43. The van der Waals surface area contributed by atoms with Gasteiger partial charge in [-0.2, -0.15) is 9.78 Å². The molecule has 2 heterocycles. The van der Waals surface area contributed by atoms with Crippen molar-refractivity contribution in [3.63, 3.8) is 0 Å². The third-order valence-corrected chi connectivity index (χ3v) is 5.47. The van der Waals surface area contributed by atoms with E-state index >= 15 is 0 Å². The number of hydrogen-bond acceptors (Lipinski definition) is 6. The van der Waals surface area contributed by atoms with Gasteiger partial charge in [0.15, 0.2) is 17.3 Å². The zero-order valence-corrected chi connectivity index (χ0v) is 16.2. The second-order valence-electron chi connectivity index (χ2n) is 6.19. The number of benzene rings is 2. The number of hydrogen-bond donors (Lipinski definition) is 0. The Morgan fingerprint density at radius 2 is 1.78 bits per heavy atom. The lowest BCUT2D eigenvalue weighted by Gasteiger charge is -2.20. The van der Waals surface area contributed by atoms with Crippen LogP contribution in [0.5, 0.6) is 11.5 Å². The smallest absolute Gasteiger partial charge is 0.212 e. The zero-order valence-electron chi connectivity index (χ0n) is 15.4. The van der Waals surface area contributed by atoms with Crippen LogP contribution in [0.3, 0.4) is 0 Å². The minimum atomic E-state index is 0.220. The van der Waals surface area contributed by atoms with E-state index in [4.69, 9.17) is 14.6 Å². The van der Waals surface area contributed by atoms with E-state index in [0.717, 1.165) is 27.8 Å². The molecular weight excluding hydrogens is 360 g/mol. The molecule has 0 amide bonds. The zero-order chi connectivity index (χ0) is 18.8. The molecule has 0 radical (unpaired) electrons. The van der Waals surface area contributed by atoms with Crippen molar-refractivity contribution in [1.29, 1.82) is 0 Å². The topological polar surface area (TPSA) is 61.5 Å². The third kappa shape index (κ3) is 3.42. The van der Waals surface area contributed by atoms with Gasteiger partial charge in [0.2, 0.25) is 5.16 Å². The highest BCUT2D eigenvalue weighted by Gasteiger charge is 2.25. The molecule has 6 nitrogen and oxygen atoms in total. The summed E-state index contributed by atoms with van der Waals surface area (Å²) in [6.45, 7) is 2.14. The summed E-state index contributed by atoms with van der Waals surface area (Å²) in [5, 5.41) is 14.6. The van der Waals surface area contributed by atoms with E-state index in [0.29, 0.717) is 17.9 Å². The van der Waals surface area contributed by atoms with Crippen molar-refractivity contribution < 1.29 is 9.47 Å². The first-order valence-electron chi connectivity index (χ1n) is 8.65. The van der Waals surface area contributed by atoms with Gasteiger partial charge < -0.3 is 9.47 Å². The molecule has 1 aromatic heterocycles. The highest BCUT2D eigenvalue weighted by molar-refractivity contribution is 8.00. The molecule has 0 fully saturated rings. The van der Waals surface area contributed by atoms with Crippen LogP contribution in [0.25, 0.3) is 0 Å². The van der Waals surface area contributed by atoms with Crippen LogP contribution in [0.15, 0.2) is 58.8 Å². The summed E-state index contributed by atoms with van der Waals surface area (Å²) < 4.78 is 12.6. The fourth-order valence-corrected chi connectivity index (χ4v) is 4.00. The van der Waals surface area contributed by atoms with Gasteiger partial charge in [-0.15, -0.1) is 10.2 Å². The number of thioether (sulfide) groups is 1. The first-order valence-corrected chi connectivity index (χ1v) is 9.53. The van der Waals surface area contributed by atoms with E-state index in [2.05, 4.69) is 29.3 Å². The Balaban J connectivity index is 1.68. The lowest BCUT2D eigenvalue weighted by atomic mass is 10.1. The average molecular weight is 380 g/mol. The van der Waals surface area contributed by atoms with Gasteiger partial charge >= 0.3 is 0 Å². The Hall–Kier alpha value is -2.80. The maximum atomic E-state index is 5.40. The quantitative estimate of drug-likeness (QED) is 0.676. The van der Waals surface area contributed by atoms with Gasteiger partial charge in [0.05, 0.1) is 25.2 Å². The second-order valence-corrected chi connectivity index (χ2v) is 7.50. The Morgan fingerprint density at radius 1 is 1.00 bits per heavy atom. The molecule has 0 aliphatic carbocycles. The molecule has 0 saturated heterocycles. The van der Waals surface area contributed by atoms with Crippen LogP contribution >= 0.6 is 11.8 Å². The highest BCUT2D eigenvalue weighted by atomic mass is 32.2. The molecule has 1 aliphatic rings. The molecular formula is C20H20N4O2S. The molecule has 2 aromatic carbocycles. The van der Waals surface area contributed by atoms with Crippen molar-refractivity contribution in [3.05, 3.63) is 65.5 Å². The Morgan fingerprint density at radius 3 is 2.52 bits per heavy atom. The molecule has 1 aliphatic heterocycles. The summed E-state index contributed by atoms with van der Waals surface area (Å²) in [5.74, 6) is 2.20. The second kappa shape index (κ2) is 7.44. The van der Waals surface area contributed by atoms with Gasteiger partial charge in [0, 0.05) is 6.42 Å². The summed E-state index contributed by atoms with van der Waals surface area (Å²) in [6, 6.07) is 16.1. The van der Waals surface area contributed by atoms with E-state index < -0.39 is 0 Å². The van der Waals surface area contributed by atoms with Crippen LogP contribution in [0.4, 0.5) is 0 Å². The lowest BCUT2D eigenvalue weighted by Crippen LogP contribution is -2.22. The molecule has 0 bridgehead atoms. The SMILES string of the molecule is COc1ccc(Cc2nnc3n2N=C(c2ccccc2)[C@@H](C)S3)cc1OC. The fraction of sp³-hybridized carbons (Fsp3) is 0.250. The van der Waals surface area contributed by atoms with E-state index in [-0.39, 0.29) is 5.25 Å². The van der Waals surface area contributed by atoms with Gasteiger partial charge in [-0.1, -0.05) is 48.2 Å². The van der Waals surface area contributed by atoms with Crippen molar-refractivity contribution >= 4 is 17.5 Å². The first-order chi connectivity index (χ1) is 13.2. The summed E-state index contributed by atoms with van der Waals surface area (Å²) in [4.78, 5) is 0. The number of nitrogens with zero attached hydrogens (tertiary/aromatic N) is 4. The summed E-state index contributed by atoms with van der Waals surface area (Å²) in [5.41, 5.74) is 3.21. The van der Waals surface area contributed by atoms with E-state index in [1.165, 1.54) is 0 Å². The molecule has 3 aromatic rings. The van der Waals surface area contributed by atoms with Gasteiger partial charge in [-0.05, 0) is 30.2 Å². The minimum Gasteiger partial charge on any atom is -0.493 e. The van der Waals surface area contributed by atoms with Crippen molar-refractivity contribution in [2.45, 2.75) is 23.8 Å². The van der Waals surface area contributed by atoms with Crippen LogP contribution in [0.1, 0.15) is 23.9 Å². The molecule has 7 heteroatoms. The number of aromatic nitrogens is 3. The van der Waals surface area contributed by atoms with Crippen LogP contribution in [0.2, 0.25) is 0 Å². The fourth-order valence-electron chi connectivity index (χ4n) is 3.06. The number of methoxy groups -OCH3 is 2. The molecule has 27 heavy (non-hydrogen) atoms. The van der Waals surface area contributed by atoms with E-state index in [1.807, 2.05) is 41.1 Å². The van der Waals surface area contributed by atoms with Crippen molar-refractivity contribution in [2.75, 3.05) is 14.2 Å². The predicted octanol–water partition coefficient (Wildman–Crippen LogP) is 3.63. The lowest BCUT2D eigenvalue weighted by molar-refractivity contribution is 0.354. The maximum absolute atomic E-state index is 5.40. The molecule has 0 unspecified atom stereocenters. The first kappa shape index (κ1) is 17.6. The standard InChI is InChI=1S/C20H20N4O2S/c1-13-19(15-7-5-4-6-8-15)23-24-18(21-22-20(24)27-13)12-14-9-10-16(25-2)17(11-14)26-3/h4-11,13H,12H2,1-3H3/t13-/m1/s1. The molecule has 1 atom stereocenters. The maximum Gasteiger partial charge on any atom is 0.212 e. The monoisotopic (exact) mass is 380 g/mol. The van der Waals surface area contributed by atoms with Gasteiger partial charge in [0.25, 0.3) is 0 Å². The van der Waals surface area contributed by atoms with Gasteiger partial charge in [-0.25, -0.2) is 0 Å². The van der Waals surface area contributed by atoms with Crippen molar-refractivity contribution in [1.82, 2.24) is 14.9 Å². The minimum absolute atomic E-state index is 0.220. The van der Waals surface area contributed by atoms with Gasteiger partial charge in [-0.3, -0.25) is 0 Å². The van der Waals surface area contributed by atoms with Crippen molar-refractivity contribution in [2.24, 2.45) is 5.10 Å². The van der Waals surface area contributed by atoms with Crippen molar-refractivity contribution in [3.8, 4) is 11.5 Å². The highest BCUT2D eigenvalue weighted by Crippen LogP contribution is 2.32. The van der Waals surface area contributed by atoms with Crippen LogP contribution in [-0.2, 0) is 6.42 Å². The number of ether oxygens (including phenoxy) is 2. The molecule has 138 valence electrons. The number of fused-ring (bicyclic) bond motifs is 1. The Kier molecular flexibility index (Phi) is 4.85. The van der Waals surface area contributed by atoms with Crippen LogP contribution in [0, 0.1) is 0 Å². The largest absolute Gasteiger partial charge is 0.493 e. The normalized spacial score (nSPS) is 15.8. The van der Waals surface area contributed by atoms with Gasteiger partial charge in [0.1, 0.15) is 0 Å². The Labute approximate surface area is 162 Å². The van der Waals surface area contributed by atoms with E-state index in [1.54, 1.807) is 26.0 Å².